The molecule has 2 atom stereocenters. The standard InChI is InChI=1S/C14H19BrN2O2/c1-10-14(2,7-8-19-10)16-9-13(18)17-12-5-3-11(15)4-6-12/h3-6,10,16H,7-9H2,1-2H3,(H,17,18)/t10-,14-/m1/s1. The van der Waals surface area contributed by atoms with Gasteiger partial charge in [0.05, 0.1) is 12.6 Å². The average Bonchev–Trinajstić information content (AvgIpc) is 2.71. The highest BCUT2D eigenvalue weighted by Crippen LogP contribution is 2.24. The number of carbonyl (C=O) groups is 1. The highest BCUT2D eigenvalue weighted by atomic mass is 79.9. The van der Waals surface area contributed by atoms with Gasteiger partial charge in [-0.05, 0) is 44.5 Å². The van der Waals surface area contributed by atoms with Crippen molar-refractivity contribution >= 4 is 27.5 Å². The molecule has 1 aliphatic rings. The van der Waals surface area contributed by atoms with Crippen molar-refractivity contribution in [1.82, 2.24) is 5.32 Å². The Morgan fingerprint density at radius 2 is 2.16 bits per heavy atom. The average molecular weight is 327 g/mol. The van der Waals surface area contributed by atoms with Crippen LogP contribution >= 0.6 is 15.9 Å². The summed E-state index contributed by atoms with van der Waals surface area (Å²) in [4.78, 5) is 11.9. The second-order valence-electron chi connectivity index (χ2n) is 5.09. The molecule has 0 aliphatic carbocycles. The Kier molecular flexibility index (Phi) is 4.60. The summed E-state index contributed by atoms with van der Waals surface area (Å²) in [6.07, 6.45) is 1.06. The van der Waals surface area contributed by atoms with Crippen LogP contribution < -0.4 is 10.6 Å². The molecule has 104 valence electrons. The highest BCUT2D eigenvalue weighted by Gasteiger charge is 2.36. The van der Waals surface area contributed by atoms with Gasteiger partial charge in [0.25, 0.3) is 0 Å². The maximum atomic E-state index is 11.9. The molecule has 0 aromatic heterocycles. The zero-order valence-corrected chi connectivity index (χ0v) is 12.8. The lowest BCUT2D eigenvalue weighted by molar-refractivity contribution is -0.115. The molecule has 0 bridgehead atoms. The van der Waals surface area contributed by atoms with E-state index < -0.39 is 0 Å². The van der Waals surface area contributed by atoms with Crippen LogP contribution in [0.15, 0.2) is 28.7 Å². The topological polar surface area (TPSA) is 50.4 Å². The largest absolute Gasteiger partial charge is 0.377 e. The Labute approximate surface area is 122 Å². The summed E-state index contributed by atoms with van der Waals surface area (Å²) in [5.74, 6) is -0.0392. The molecular weight excluding hydrogens is 308 g/mol. The van der Waals surface area contributed by atoms with Gasteiger partial charge in [0, 0.05) is 22.3 Å². The van der Waals surface area contributed by atoms with Crippen molar-refractivity contribution in [3.63, 3.8) is 0 Å². The lowest BCUT2D eigenvalue weighted by Crippen LogP contribution is -2.50. The number of amides is 1. The molecule has 1 saturated heterocycles. The van der Waals surface area contributed by atoms with Crippen molar-refractivity contribution in [3.05, 3.63) is 28.7 Å². The normalized spacial score (nSPS) is 26.4. The second kappa shape index (κ2) is 6.03. The number of hydrogen-bond donors (Lipinski definition) is 2. The molecular formula is C14H19BrN2O2. The number of ether oxygens (including phenoxy) is 1. The van der Waals surface area contributed by atoms with Gasteiger partial charge in [-0.15, -0.1) is 0 Å². The third-order valence-corrected chi connectivity index (χ3v) is 4.20. The number of benzene rings is 1. The lowest BCUT2D eigenvalue weighted by Gasteiger charge is -2.28. The predicted octanol–water partition coefficient (Wildman–Crippen LogP) is 2.54. The molecule has 1 aromatic carbocycles. The van der Waals surface area contributed by atoms with Crippen molar-refractivity contribution in [1.29, 1.82) is 0 Å². The zero-order valence-electron chi connectivity index (χ0n) is 11.2. The molecule has 1 amide bonds. The summed E-state index contributed by atoms with van der Waals surface area (Å²) < 4.78 is 6.53. The number of nitrogens with one attached hydrogen (secondary N) is 2. The van der Waals surface area contributed by atoms with Crippen LogP contribution in [0.5, 0.6) is 0 Å². The van der Waals surface area contributed by atoms with Crippen LogP contribution in [0.4, 0.5) is 5.69 Å². The van der Waals surface area contributed by atoms with Crippen LogP contribution in [-0.2, 0) is 9.53 Å². The van der Waals surface area contributed by atoms with Gasteiger partial charge in [-0.2, -0.15) is 0 Å². The summed E-state index contributed by atoms with van der Waals surface area (Å²) in [7, 11) is 0. The Hall–Kier alpha value is -0.910. The van der Waals surface area contributed by atoms with E-state index in [0.29, 0.717) is 6.54 Å². The van der Waals surface area contributed by atoms with Crippen LogP contribution in [-0.4, -0.2) is 30.7 Å². The van der Waals surface area contributed by atoms with E-state index in [4.69, 9.17) is 4.74 Å². The van der Waals surface area contributed by atoms with Crippen molar-refractivity contribution < 1.29 is 9.53 Å². The molecule has 0 spiro atoms. The smallest absolute Gasteiger partial charge is 0.238 e. The molecule has 0 radical (unpaired) electrons. The first-order valence-corrected chi connectivity index (χ1v) is 7.21. The first kappa shape index (κ1) is 14.5. The van der Waals surface area contributed by atoms with Gasteiger partial charge in [-0.1, -0.05) is 15.9 Å². The van der Waals surface area contributed by atoms with Gasteiger partial charge in [0.1, 0.15) is 0 Å². The second-order valence-corrected chi connectivity index (χ2v) is 6.00. The highest BCUT2D eigenvalue weighted by molar-refractivity contribution is 9.10. The third-order valence-electron chi connectivity index (χ3n) is 3.67. The monoisotopic (exact) mass is 326 g/mol. The number of halogens is 1. The van der Waals surface area contributed by atoms with Gasteiger partial charge in [0.2, 0.25) is 5.91 Å². The molecule has 1 aliphatic heterocycles. The van der Waals surface area contributed by atoms with Gasteiger partial charge in [-0.3, -0.25) is 4.79 Å². The minimum Gasteiger partial charge on any atom is -0.377 e. The van der Waals surface area contributed by atoms with Crippen LogP contribution in [0, 0.1) is 0 Å². The summed E-state index contributed by atoms with van der Waals surface area (Å²) in [5.41, 5.74) is 0.688. The summed E-state index contributed by atoms with van der Waals surface area (Å²) in [6.45, 7) is 5.17. The minimum absolute atomic E-state index is 0.0392. The molecule has 2 rings (SSSR count). The van der Waals surface area contributed by atoms with E-state index in [9.17, 15) is 4.79 Å². The molecule has 1 heterocycles. The molecule has 5 heteroatoms. The van der Waals surface area contributed by atoms with Crippen molar-refractivity contribution in [2.75, 3.05) is 18.5 Å². The predicted molar refractivity (Wildman–Crippen MR) is 79.2 cm³/mol. The van der Waals surface area contributed by atoms with E-state index in [-0.39, 0.29) is 17.6 Å². The van der Waals surface area contributed by atoms with Crippen molar-refractivity contribution in [2.24, 2.45) is 0 Å². The Bertz CT molecular complexity index is 449. The molecule has 2 N–H and O–H groups in total. The van der Waals surface area contributed by atoms with E-state index in [1.54, 1.807) is 0 Å². The zero-order chi connectivity index (χ0) is 13.9. The molecule has 4 nitrogen and oxygen atoms in total. The van der Waals surface area contributed by atoms with Crippen LogP contribution in [0.3, 0.4) is 0 Å². The molecule has 1 aromatic rings. The van der Waals surface area contributed by atoms with E-state index >= 15 is 0 Å². The van der Waals surface area contributed by atoms with E-state index in [1.165, 1.54) is 0 Å². The van der Waals surface area contributed by atoms with Crippen LogP contribution in [0.25, 0.3) is 0 Å². The Balaban J connectivity index is 1.83. The maximum absolute atomic E-state index is 11.9. The molecule has 19 heavy (non-hydrogen) atoms. The van der Waals surface area contributed by atoms with E-state index in [2.05, 4.69) is 33.5 Å². The SMILES string of the molecule is C[C@H]1OCC[C@@]1(C)NCC(=O)Nc1ccc(Br)cc1. The van der Waals surface area contributed by atoms with E-state index in [1.807, 2.05) is 31.2 Å². The van der Waals surface area contributed by atoms with Gasteiger partial charge in [-0.25, -0.2) is 0 Å². The lowest BCUT2D eigenvalue weighted by atomic mass is 9.95. The number of anilines is 1. The van der Waals surface area contributed by atoms with Crippen molar-refractivity contribution in [3.8, 4) is 0 Å². The van der Waals surface area contributed by atoms with Gasteiger partial charge < -0.3 is 15.4 Å². The molecule has 0 saturated carbocycles. The van der Waals surface area contributed by atoms with Gasteiger partial charge in [0.15, 0.2) is 0 Å². The van der Waals surface area contributed by atoms with Crippen LogP contribution in [0.2, 0.25) is 0 Å². The number of rotatable bonds is 4. The number of carbonyl (C=O) groups excluding carboxylic acids is 1. The summed E-state index contributed by atoms with van der Waals surface area (Å²) in [6, 6.07) is 7.53. The summed E-state index contributed by atoms with van der Waals surface area (Å²) in [5, 5.41) is 6.15. The Morgan fingerprint density at radius 3 is 2.74 bits per heavy atom. The molecule has 1 fully saturated rings. The summed E-state index contributed by atoms with van der Waals surface area (Å²) >= 11 is 3.36. The van der Waals surface area contributed by atoms with E-state index in [0.717, 1.165) is 23.2 Å². The Morgan fingerprint density at radius 1 is 1.47 bits per heavy atom. The van der Waals surface area contributed by atoms with Crippen molar-refractivity contribution in [2.45, 2.75) is 31.9 Å². The maximum Gasteiger partial charge on any atom is 0.238 e. The fraction of sp³-hybridized carbons (Fsp3) is 0.500. The molecule has 0 unspecified atom stereocenters. The number of hydrogen-bond acceptors (Lipinski definition) is 3. The first-order valence-electron chi connectivity index (χ1n) is 6.42. The third kappa shape index (κ3) is 3.78. The fourth-order valence-corrected chi connectivity index (χ4v) is 2.35. The van der Waals surface area contributed by atoms with Crippen LogP contribution in [0.1, 0.15) is 20.3 Å². The first-order chi connectivity index (χ1) is 8.99. The minimum atomic E-state index is -0.114. The van der Waals surface area contributed by atoms with Gasteiger partial charge >= 0.3 is 0 Å². The fourth-order valence-electron chi connectivity index (χ4n) is 2.09. The quantitative estimate of drug-likeness (QED) is 0.894.